The van der Waals surface area contributed by atoms with Crippen LogP contribution in [0.5, 0.6) is 0 Å². The van der Waals surface area contributed by atoms with Crippen molar-refractivity contribution in [2.45, 2.75) is 46.5 Å². The highest BCUT2D eigenvalue weighted by atomic mass is 16.5. The number of aliphatic hydroxyl groups excluding tert-OH is 1. The second-order valence-electron chi connectivity index (χ2n) is 5.84. The number of rotatable bonds is 9. The molecule has 0 aliphatic carbocycles. The van der Waals surface area contributed by atoms with Crippen LogP contribution in [0.25, 0.3) is 6.08 Å². The van der Waals surface area contributed by atoms with Crippen LogP contribution in [0.15, 0.2) is 49.1 Å². The Kier molecular flexibility index (Phi) is 18.3. The van der Waals surface area contributed by atoms with Crippen molar-refractivity contribution < 1.29 is 24.5 Å². The van der Waals surface area contributed by atoms with E-state index >= 15 is 0 Å². The second-order valence-corrected chi connectivity index (χ2v) is 5.84. The Morgan fingerprint density at radius 3 is 2.15 bits per heavy atom. The first kappa shape index (κ1) is 26.8. The highest BCUT2D eigenvalue weighted by molar-refractivity contribution is 5.86. The Balaban J connectivity index is 0. The third kappa shape index (κ3) is 16.8. The fourth-order valence-electron chi connectivity index (χ4n) is 1.80. The van der Waals surface area contributed by atoms with Crippen LogP contribution in [0.3, 0.4) is 0 Å². The Morgan fingerprint density at radius 1 is 1.22 bits per heavy atom. The molecule has 0 fully saturated rings. The molecule has 152 valence electrons. The largest absolute Gasteiger partial charge is 0.481 e. The predicted octanol–water partition coefficient (Wildman–Crippen LogP) is 4.72. The van der Waals surface area contributed by atoms with Gasteiger partial charge in [0, 0.05) is 5.57 Å². The van der Waals surface area contributed by atoms with E-state index in [0.29, 0.717) is 5.57 Å². The van der Waals surface area contributed by atoms with E-state index in [4.69, 9.17) is 10.2 Å². The molecule has 27 heavy (non-hydrogen) atoms. The third-order valence-electron chi connectivity index (χ3n) is 3.46. The van der Waals surface area contributed by atoms with Crippen LogP contribution in [-0.4, -0.2) is 35.4 Å². The van der Waals surface area contributed by atoms with Crippen LogP contribution in [0.2, 0.25) is 0 Å². The molecule has 1 unspecified atom stereocenters. The summed E-state index contributed by atoms with van der Waals surface area (Å²) in [5.41, 5.74) is 1.52. The molecule has 1 aromatic carbocycles. The lowest BCUT2D eigenvalue weighted by Crippen LogP contribution is -2.11. The van der Waals surface area contributed by atoms with Gasteiger partial charge in [0.05, 0.1) is 12.5 Å². The molecule has 2 N–H and O–H groups in total. The number of esters is 1. The van der Waals surface area contributed by atoms with Crippen LogP contribution in [0.4, 0.5) is 0 Å². The molecule has 0 heterocycles. The molecule has 0 aliphatic heterocycles. The Bertz CT molecular complexity index is 537. The number of benzene rings is 1. The third-order valence-corrected chi connectivity index (χ3v) is 3.46. The van der Waals surface area contributed by atoms with Gasteiger partial charge < -0.3 is 14.9 Å². The maximum Gasteiger partial charge on any atom is 0.333 e. The molecule has 0 saturated carbocycles. The quantitative estimate of drug-likeness (QED) is 0.480. The van der Waals surface area contributed by atoms with Gasteiger partial charge in [-0.3, -0.25) is 4.79 Å². The van der Waals surface area contributed by atoms with Crippen molar-refractivity contribution in [1.82, 2.24) is 0 Å². The predicted molar refractivity (Wildman–Crippen MR) is 110 cm³/mol. The van der Waals surface area contributed by atoms with E-state index in [2.05, 4.69) is 24.8 Å². The van der Waals surface area contributed by atoms with Crippen LogP contribution < -0.4 is 0 Å². The van der Waals surface area contributed by atoms with E-state index in [0.717, 1.165) is 25.7 Å². The lowest BCUT2D eigenvalue weighted by Gasteiger charge is -2.06. The van der Waals surface area contributed by atoms with Crippen molar-refractivity contribution >= 4 is 18.0 Å². The number of carboxylic acid groups (broad SMARTS) is 1. The monoisotopic (exact) mass is 378 g/mol. The second kappa shape index (κ2) is 18.4. The van der Waals surface area contributed by atoms with E-state index in [1.54, 1.807) is 6.92 Å². The van der Waals surface area contributed by atoms with E-state index in [1.165, 1.54) is 5.56 Å². The molecule has 1 atom stereocenters. The number of unbranched alkanes of at least 4 members (excludes halogenated alkanes) is 1. The molecule has 5 heteroatoms. The molecule has 0 spiro atoms. The minimum absolute atomic E-state index is 0.0473. The topological polar surface area (TPSA) is 83.8 Å². The Labute approximate surface area is 163 Å². The van der Waals surface area contributed by atoms with Gasteiger partial charge in [-0.25, -0.2) is 4.79 Å². The summed E-state index contributed by atoms with van der Waals surface area (Å²) in [5, 5.41) is 16.8. The van der Waals surface area contributed by atoms with E-state index in [1.807, 2.05) is 43.3 Å². The lowest BCUT2D eigenvalue weighted by atomic mass is 10.00. The average molecular weight is 379 g/mol. The van der Waals surface area contributed by atoms with Crippen molar-refractivity contribution in [3.05, 3.63) is 54.6 Å². The number of hydrogen-bond donors (Lipinski definition) is 2. The average Bonchev–Trinajstić information content (AvgIpc) is 2.68. The molecule has 1 aromatic rings. The maximum absolute atomic E-state index is 10.5. The zero-order chi connectivity index (χ0) is 21.1. The first-order valence-corrected chi connectivity index (χ1v) is 9.17. The standard InChI is InChI=1S/C8H16O2.C8H8.C6H10O3/c1-3-5-6-7(4-2)8(9)10;1-2-8-6-4-3-5-7-8;1-5(2)6(8)9-4-3-7/h7H,3-6H2,1-2H3,(H,9,10);2-7H,1H2;7H,1,3-4H2,2H3. The summed E-state index contributed by atoms with van der Waals surface area (Å²) in [4.78, 5) is 20.9. The fourth-order valence-corrected chi connectivity index (χ4v) is 1.80. The van der Waals surface area contributed by atoms with Crippen LogP contribution >= 0.6 is 0 Å². The summed E-state index contributed by atoms with van der Waals surface area (Å²) < 4.78 is 4.46. The highest BCUT2D eigenvalue weighted by Gasteiger charge is 2.12. The van der Waals surface area contributed by atoms with Crippen LogP contribution in [0, 0.1) is 5.92 Å². The first-order valence-electron chi connectivity index (χ1n) is 9.17. The SMILES string of the molecule is C=C(C)C(=O)OCCO.C=Cc1ccccc1.CCCCC(CC)C(=O)O. The van der Waals surface area contributed by atoms with Gasteiger partial charge in [0.2, 0.25) is 0 Å². The van der Waals surface area contributed by atoms with Crippen molar-refractivity contribution in [3.63, 3.8) is 0 Å². The van der Waals surface area contributed by atoms with Gasteiger partial charge in [0.1, 0.15) is 6.61 Å². The number of carbonyl (C=O) groups is 2. The van der Waals surface area contributed by atoms with Crippen molar-refractivity contribution in [2.24, 2.45) is 5.92 Å². The molecular weight excluding hydrogens is 344 g/mol. The lowest BCUT2D eigenvalue weighted by molar-refractivity contribution is -0.142. The molecule has 1 rings (SSSR count). The fraction of sp³-hybridized carbons (Fsp3) is 0.455. The van der Waals surface area contributed by atoms with Gasteiger partial charge in [0.15, 0.2) is 0 Å². The van der Waals surface area contributed by atoms with Crippen molar-refractivity contribution in [2.75, 3.05) is 13.2 Å². The molecular formula is C22H34O5. The molecule has 0 aliphatic rings. The number of ether oxygens (including phenoxy) is 1. The smallest absolute Gasteiger partial charge is 0.333 e. The number of aliphatic carboxylic acids is 1. The van der Waals surface area contributed by atoms with Gasteiger partial charge in [0.25, 0.3) is 0 Å². The molecule has 0 amide bonds. The minimum atomic E-state index is -0.643. The van der Waals surface area contributed by atoms with Crippen LogP contribution in [-0.2, 0) is 14.3 Å². The molecule has 0 aromatic heterocycles. The number of carbonyl (C=O) groups excluding carboxylic acids is 1. The summed E-state index contributed by atoms with van der Waals surface area (Å²) in [5.74, 6) is -1.21. The van der Waals surface area contributed by atoms with Gasteiger partial charge in [-0.15, -0.1) is 0 Å². The number of aliphatic hydroxyl groups is 1. The summed E-state index contributed by atoms with van der Waals surface area (Å²) >= 11 is 0. The minimum Gasteiger partial charge on any atom is -0.481 e. The zero-order valence-electron chi connectivity index (χ0n) is 16.8. The van der Waals surface area contributed by atoms with E-state index < -0.39 is 11.9 Å². The number of carboxylic acids is 1. The van der Waals surface area contributed by atoms with Gasteiger partial charge in [-0.1, -0.05) is 76.3 Å². The Morgan fingerprint density at radius 2 is 1.81 bits per heavy atom. The van der Waals surface area contributed by atoms with Crippen LogP contribution in [0.1, 0.15) is 52.0 Å². The van der Waals surface area contributed by atoms with E-state index in [9.17, 15) is 9.59 Å². The van der Waals surface area contributed by atoms with Crippen molar-refractivity contribution in [3.8, 4) is 0 Å². The number of hydrogen-bond acceptors (Lipinski definition) is 4. The van der Waals surface area contributed by atoms with Gasteiger partial charge in [-0.2, -0.15) is 0 Å². The molecule has 0 bridgehead atoms. The Hall–Kier alpha value is -2.40. The first-order chi connectivity index (χ1) is 12.8. The van der Waals surface area contributed by atoms with Gasteiger partial charge in [-0.05, 0) is 25.3 Å². The molecule has 5 nitrogen and oxygen atoms in total. The highest BCUT2D eigenvalue weighted by Crippen LogP contribution is 2.11. The summed E-state index contributed by atoms with van der Waals surface area (Å²) in [6.45, 7) is 12.4. The maximum atomic E-state index is 10.5. The van der Waals surface area contributed by atoms with Gasteiger partial charge >= 0.3 is 11.9 Å². The van der Waals surface area contributed by atoms with E-state index in [-0.39, 0.29) is 19.1 Å². The normalized spacial score (nSPS) is 10.2. The summed E-state index contributed by atoms with van der Waals surface area (Å²) in [6, 6.07) is 10.0. The molecule has 0 saturated heterocycles. The molecule has 0 radical (unpaired) electrons. The van der Waals surface area contributed by atoms with Crippen molar-refractivity contribution in [1.29, 1.82) is 0 Å². The zero-order valence-corrected chi connectivity index (χ0v) is 16.8. The summed E-state index contributed by atoms with van der Waals surface area (Å²) in [6.07, 6.45) is 5.55. The summed E-state index contributed by atoms with van der Waals surface area (Å²) in [7, 11) is 0.